The molecule has 0 aliphatic heterocycles. The maximum absolute atomic E-state index is 7.00. The first-order valence-electron chi connectivity index (χ1n) is 21.2. The Hall–Kier alpha value is -8.34. The predicted octanol–water partition coefficient (Wildman–Crippen LogP) is 16.1. The Labute approximate surface area is 357 Å². The van der Waals surface area contributed by atoms with Gasteiger partial charge < -0.3 is 18.5 Å². The molecule has 0 fully saturated rings. The second-order valence-corrected chi connectivity index (χ2v) is 16.0. The highest BCUT2D eigenvalue weighted by Crippen LogP contribution is 2.48. The number of furan rings is 1. The minimum atomic E-state index is 0.876. The fourth-order valence-electron chi connectivity index (χ4n) is 10.0. The van der Waals surface area contributed by atoms with E-state index in [4.69, 9.17) is 4.42 Å². The number of fused-ring (bicyclic) bond motifs is 11. The van der Waals surface area contributed by atoms with Crippen molar-refractivity contribution in [1.82, 2.24) is 9.13 Å². The number of rotatable bonds is 6. The first-order chi connectivity index (χ1) is 30.8. The van der Waals surface area contributed by atoms with Gasteiger partial charge in [-0.1, -0.05) is 158 Å². The van der Waals surface area contributed by atoms with Gasteiger partial charge in [-0.05, 0) is 72.1 Å². The summed E-state index contributed by atoms with van der Waals surface area (Å²) in [5, 5.41) is 9.41. The zero-order chi connectivity index (χ0) is 40.7. The highest BCUT2D eigenvalue weighted by molar-refractivity contribution is 6.18. The topological polar surface area (TPSA) is 26.2 Å². The Morgan fingerprint density at radius 1 is 0.323 bits per heavy atom. The lowest BCUT2D eigenvalue weighted by Gasteiger charge is -2.30. The van der Waals surface area contributed by atoms with Crippen molar-refractivity contribution in [3.63, 3.8) is 0 Å². The van der Waals surface area contributed by atoms with Crippen LogP contribution in [0.15, 0.2) is 229 Å². The SMILES string of the molecule is c1cc(N(c2ccccc2-c2cccc3c2oc2c4ccccc4ccc32)c2ccccc2-n2c3ccccc3c3ccccc32)cc(-n2c3ccccc3c3ccccc32)c1. The summed E-state index contributed by atoms with van der Waals surface area (Å²) in [5.74, 6) is 0. The van der Waals surface area contributed by atoms with Crippen LogP contribution >= 0.6 is 0 Å². The number of anilines is 3. The van der Waals surface area contributed by atoms with Gasteiger partial charge in [0, 0.05) is 60.2 Å². The van der Waals surface area contributed by atoms with Crippen molar-refractivity contribution >= 4 is 93.4 Å². The van der Waals surface area contributed by atoms with Crippen molar-refractivity contribution < 1.29 is 4.42 Å². The van der Waals surface area contributed by atoms with Gasteiger partial charge in [0.1, 0.15) is 11.2 Å². The van der Waals surface area contributed by atoms with Crippen molar-refractivity contribution in [2.75, 3.05) is 4.90 Å². The van der Waals surface area contributed by atoms with Crippen molar-refractivity contribution in [2.45, 2.75) is 0 Å². The number of nitrogens with zero attached hydrogens (tertiary/aromatic N) is 3. The van der Waals surface area contributed by atoms with Crippen LogP contribution in [0.5, 0.6) is 0 Å². The van der Waals surface area contributed by atoms with Gasteiger partial charge in [0.25, 0.3) is 0 Å². The second-order valence-electron chi connectivity index (χ2n) is 16.0. The monoisotopic (exact) mass is 791 g/mol. The van der Waals surface area contributed by atoms with E-state index in [2.05, 4.69) is 238 Å². The molecule has 0 unspecified atom stereocenters. The number of benzene rings is 10. The van der Waals surface area contributed by atoms with Crippen LogP contribution in [0.4, 0.5) is 17.1 Å². The normalized spacial score (nSPS) is 11.9. The molecule has 0 saturated heterocycles. The average Bonchev–Trinajstić information content (AvgIpc) is 4.01. The summed E-state index contributed by atoms with van der Waals surface area (Å²) in [5.41, 5.74) is 13.9. The van der Waals surface area contributed by atoms with Crippen LogP contribution in [0.25, 0.3) is 98.8 Å². The van der Waals surface area contributed by atoms with E-state index in [-0.39, 0.29) is 0 Å². The summed E-state index contributed by atoms with van der Waals surface area (Å²) in [6, 6.07) is 81.0. The Balaban J connectivity index is 1.10. The Morgan fingerprint density at radius 2 is 0.823 bits per heavy atom. The molecule has 4 heteroatoms. The minimum Gasteiger partial charge on any atom is -0.455 e. The summed E-state index contributed by atoms with van der Waals surface area (Å²) in [6.07, 6.45) is 0. The molecule has 0 atom stereocenters. The van der Waals surface area contributed by atoms with E-state index in [9.17, 15) is 0 Å². The first kappa shape index (κ1) is 34.5. The number of aromatic nitrogens is 2. The van der Waals surface area contributed by atoms with Gasteiger partial charge in [0.2, 0.25) is 0 Å². The molecule has 0 aliphatic rings. The summed E-state index contributed by atoms with van der Waals surface area (Å²) >= 11 is 0. The summed E-state index contributed by atoms with van der Waals surface area (Å²) in [7, 11) is 0. The quantitative estimate of drug-likeness (QED) is 0.168. The molecule has 0 amide bonds. The average molecular weight is 792 g/mol. The van der Waals surface area contributed by atoms with Crippen molar-refractivity contribution in [1.29, 1.82) is 0 Å². The molecule has 0 saturated carbocycles. The molecular formula is C58H37N3O. The van der Waals surface area contributed by atoms with E-state index in [1.54, 1.807) is 0 Å². The molecule has 10 aromatic carbocycles. The fourth-order valence-corrected chi connectivity index (χ4v) is 10.0. The molecule has 13 rings (SSSR count). The van der Waals surface area contributed by atoms with Gasteiger partial charge in [-0.15, -0.1) is 0 Å². The standard InChI is InChI=1S/C58H37N3O/c1-2-20-41-38(17-1)35-36-49-48-27-16-26-47(58(48)62-57(41)49)46-25-7-10-30-52(46)60(40-19-15-18-39(37-40)59-50-28-8-3-21-42(50)43-22-4-9-29-51(43)59)55-33-13-14-34-56(55)61-53-31-11-5-23-44(53)45-24-6-12-32-54(45)61/h1-37H. The molecule has 3 heterocycles. The molecule has 62 heavy (non-hydrogen) atoms. The summed E-state index contributed by atoms with van der Waals surface area (Å²) in [4.78, 5) is 2.45. The van der Waals surface area contributed by atoms with Crippen LogP contribution in [-0.4, -0.2) is 9.13 Å². The van der Waals surface area contributed by atoms with E-state index in [1.807, 2.05) is 0 Å². The smallest absolute Gasteiger partial charge is 0.143 e. The van der Waals surface area contributed by atoms with Crippen molar-refractivity contribution in [3.05, 3.63) is 224 Å². The lowest BCUT2D eigenvalue weighted by Crippen LogP contribution is -2.14. The Morgan fingerprint density at radius 3 is 1.52 bits per heavy atom. The maximum atomic E-state index is 7.00. The number of hydrogen-bond acceptors (Lipinski definition) is 2. The molecule has 13 aromatic rings. The van der Waals surface area contributed by atoms with E-state index in [1.165, 1.54) is 32.6 Å². The van der Waals surface area contributed by atoms with Crippen LogP contribution in [0.1, 0.15) is 0 Å². The van der Waals surface area contributed by atoms with E-state index >= 15 is 0 Å². The lowest BCUT2D eigenvalue weighted by atomic mass is 9.98. The summed E-state index contributed by atoms with van der Waals surface area (Å²) < 4.78 is 11.8. The van der Waals surface area contributed by atoms with Gasteiger partial charge in [0.15, 0.2) is 0 Å². The molecule has 3 aromatic heterocycles. The zero-order valence-corrected chi connectivity index (χ0v) is 33.6. The second kappa shape index (κ2) is 13.6. The maximum Gasteiger partial charge on any atom is 0.143 e. The van der Waals surface area contributed by atoms with E-state index in [0.717, 1.165) is 83.3 Å². The van der Waals surface area contributed by atoms with Crippen LogP contribution in [0.3, 0.4) is 0 Å². The molecule has 290 valence electrons. The molecule has 0 N–H and O–H groups in total. The summed E-state index contributed by atoms with van der Waals surface area (Å²) in [6.45, 7) is 0. The third-order valence-corrected chi connectivity index (χ3v) is 12.7. The van der Waals surface area contributed by atoms with Gasteiger partial charge in [-0.25, -0.2) is 0 Å². The third-order valence-electron chi connectivity index (χ3n) is 12.7. The van der Waals surface area contributed by atoms with Crippen LogP contribution in [0.2, 0.25) is 0 Å². The minimum absolute atomic E-state index is 0.876. The van der Waals surface area contributed by atoms with Crippen molar-refractivity contribution in [2.24, 2.45) is 0 Å². The predicted molar refractivity (Wildman–Crippen MR) is 260 cm³/mol. The third kappa shape index (κ3) is 5.07. The molecule has 0 spiro atoms. The van der Waals surface area contributed by atoms with Crippen LogP contribution in [-0.2, 0) is 0 Å². The van der Waals surface area contributed by atoms with Crippen LogP contribution < -0.4 is 4.90 Å². The molecule has 0 bridgehead atoms. The van der Waals surface area contributed by atoms with Gasteiger partial charge in [0.05, 0.1) is 39.1 Å². The van der Waals surface area contributed by atoms with Gasteiger partial charge in [-0.3, -0.25) is 0 Å². The van der Waals surface area contributed by atoms with Gasteiger partial charge in [-0.2, -0.15) is 0 Å². The van der Waals surface area contributed by atoms with E-state index < -0.39 is 0 Å². The highest BCUT2D eigenvalue weighted by atomic mass is 16.3. The first-order valence-corrected chi connectivity index (χ1v) is 21.2. The fraction of sp³-hybridized carbons (Fsp3) is 0. The zero-order valence-electron chi connectivity index (χ0n) is 33.6. The number of hydrogen-bond donors (Lipinski definition) is 0. The number of para-hydroxylation sites is 8. The van der Waals surface area contributed by atoms with E-state index in [0.29, 0.717) is 0 Å². The van der Waals surface area contributed by atoms with Crippen molar-refractivity contribution in [3.8, 4) is 22.5 Å². The lowest BCUT2D eigenvalue weighted by molar-refractivity contribution is 0.674. The Kier molecular flexibility index (Phi) is 7.57. The molecule has 0 aliphatic carbocycles. The molecule has 4 nitrogen and oxygen atoms in total. The van der Waals surface area contributed by atoms with Gasteiger partial charge >= 0.3 is 0 Å². The largest absolute Gasteiger partial charge is 0.455 e. The highest BCUT2D eigenvalue weighted by Gasteiger charge is 2.25. The molecular weight excluding hydrogens is 755 g/mol. The van der Waals surface area contributed by atoms with Crippen LogP contribution in [0, 0.1) is 0 Å². The molecule has 0 radical (unpaired) electrons. The Bertz CT molecular complexity index is 3800.